The van der Waals surface area contributed by atoms with Crippen molar-refractivity contribution in [3.05, 3.63) is 95.0 Å². The van der Waals surface area contributed by atoms with Crippen molar-refractivity contribution in [1.82, 2.24) is 4.90 Å². The summed E-state index contributed by atoms with van der Waals surface area (Å²) in [7, 11) is 0. The van der Waals surface area contributed by atoms with Gasteiger partial charge in [-0.3, -0.25) is 14.6 Å². The zero-order valence-corrected chi connectivity index (χ0v) is 17.0. The van der Waals surface area contributed by atoms with E-state index in [2.05, 4.69) is 0 Å². The summed E-state index contributed by atoms with van der Waals surface area (Å²) in [6, 6.07) is 22.6. The maximum Gasteiger partial charge on any atom is 0.335 e. The van der Waals surface area contributed by atoms with E-state index in [-0.39, 0.29) is 5.91 Å². The van der Waals surface area contributed by atoms with Gasteiger partial charge in [0.25, 0.3) is 5.91 Å². The van der Waals surface area contributed by atoms with Crippen LogP contribution in [0.1, 0.15) is 35.3 Å². The van der Waals surface area contributed by atoms with Crippen molar-refractivity contribution in [1.29, 1.82) is 0 Å². The number of hydrogen-bond donors (Lipinski definition) is 0. The van der Waals surface area contributed by atoms with Gasteiger partial charge in [0.15, 0.2) is 5.72 Å². The Morgan fingerprint density at radius 1 is 1.00 bits per heavy atom. The van der Waals surface area contributed by atoms with E-state index in [9.17, 15) is 9.59 Å². The first kappa shape index (κ1) is 18.7. The highest BCUT2D eigenvalue weighted by Crippen LogP contribution is 2.49. The summed E-state index contributed by atoms with van der Waals surface area (Å²) in [6.07, 6.45) is 0.455. The molecule has 3 amide bonds. The van der Waals surface area contributed by atoms with Gasteiger partial charge in [0.05, 0.1) is 6.04 Å². The molecule has 2 aliphatic heterocycles. The third-order valence-corrected chi connectivity index (χ3v) is 5.94. The van der Waals surface area contributed by atoms with Crippen molar-refractivity contribution in [2.75, 3.05) is 4.90 Å². The third-order valence-electron chi connectivity index (χ3n) is 5.69. The van der Waals surface area contributed by atoms with E-state index in [4.69, 9.17) is 16.3 Å². The molecule has 5 rings (SSSR count). The zero-order chi connectivity index (χ0) is 20.9. The Hall–Kier alpha value is -3.31. The number of carbonyl (C=O) groups excluding carboxylic acids is 2. The summed E-state index contributed by atoms with van der Waals surface area (Å²) in [5.74, 6) is 0.344. The first-order valence-corrected chi connectivity index (χ1v) is 10.1. The van der Waals surface area contributed by atoms with Gasteiger partial charge >= 0.3 is 6.03 Å². The van der Waals surface area contributed by atoms with Crippen LogP contribution in [-0.4, -0.2) is 22.6 Å². The number of imide groups is 1. The molecule has 30 heavy (non-hydrogen) atoms. The molecular formula is C24H19ClN2O3. The molecule has 0 radical (unpaired) electrons. The van der Waals surface area contributed by atoms with Crippen LogP contribution in [0.15, 0.2) is 78.9 Å². The van der Waals surface area contributed by atoms with Crippen molar-refractivity contribution >= 4 is 29.2 Å². The summed E-state index contributed by atoms with van der Waals surface area (Å²) >= 11 is 6.05. The maximum atomic E-state index is 13.8. The van der Waals surface area contributed by atoms with E-state index in [0.29, 0.717) is 28.4 Å². The van der Waals surface area contributed by atoms with Gasteiger partial charge in [0, 0.05) is 28.3 Å². The van der Waals surface area contributed by atoms with E-state index in [1.54, 1.807) is 53.4 Å². The number of urea groups is 1. The Morgan fingerprint density at radius 3 is 2.40 bits per heavy atom. The minimum atomic E-state index is -0.933. The lowest BCUT2D eigenvalue weighted by Gasteiger charge is -2.53. The number of halogens is 1. The molecule has 2 aliphatic rings. The van der Waals surface area contributed by atoms with Gasteiger partial charge in [0.2, 0.25) is 0 Å². The molecule has 3 aromatic carbocycles. The second-order valence-corrected chi connectivity index (χ2v) is 8.11. The Labute approximate surface area is 179 Å². The van der Waals surface area contributed by atoms with E-state index in [0.717, 1.165) is 5.56 Å². The van der Waals surface area contributed by atoms with E-state index < -0.39 is 17.8 Å². The predicted octanol–water partition coefficient (Wildman–Crippen LogP) is 5.66. The topological polar surface area (TPSA) is 49.9 Å². The quantitative estimate of drug-likeness (QED) is 0.539. The van der Waals surface area contributed by atoms with Crippen LogP contribution in [0.3, 0.4) is 0 Å². The number of hydrogen-bond acceptors (Lipinski definition) is 3. The van der Waals surface area contributed by atoms with Crippen molar-refractivity contribution in [2.45, 2.75) is 25.1 Å². The molecule has 0 aliphatic carbocycles. The molecule has 0 spiro atoms. The number of ether oxygens (including phenoxy) is 1. The first-order chi connectivity index (χ1) is 14.5. The molecule has 0 saturated carbocycles. The van der Waals surface area contributed by atoms with Gasteiger partial charge in [-0.05, 0) is 49.4 Å². The third kappa shape index (κ3) is 2.85. The summed E-state index contributed by atoms with van der Waals surface area (Å²) in [6.45, 7) is 1.88. The van der Waals surface area contributed by atoms with Crippen molar-refractivity contribution in [3.63, 3.8) is 0 Å². The van der Waals surface area contributed by atoms with Crippen LogP contribution in [0.5, 0.6) is 5.75 Å². The van der Waals surface area contributed by atoms with Crippen molar-refractivity contribution in [3.8, 4) is 5.75 Å². The molecule has 5 nitrogen and oxygen atoms in total. The zero-order valence-electron chi connectivity index (χ0n) is 16.3. The Kier molecular flexibility index (Phi) is 4.29. The molecule has 2 unspecified atom stereocenters. The Balaban J connectivity index is 1.67. The van der Waals surface area contributed by atoms with Gasteiger partial charge in [-0.1, -0.05) is 48.0 Å². The lowest BCUT2D eigenvalue weighted by molar-refractivity contribution is 0.00268. The van der Waals surface area contributed by atoms with Crippen LogP contribution in [0.2, 0.25) is 5.02 Å². The number of fused-ring (bicyclic) bond motifs is 4. The highest BCUT2D eigenvalue weighted by atomic mass is 35.5. The van der Waals surface area contributed by atoms with Crippen molar-refractivity contribution in [2.24, 2.45) is 0 Å². The number of rotatable bonds is 2. The van der Waals surface area contributed by atoms with Crippen LogP contribution >= 0.6 is 11.6 Å². The average molecular weight is 419 g/mol. The number of benzene rings is 3. The van der Waals surface area contributed by atoms with Gasteiger partial charge in [-0.2, -0.15) is 0 Å². The summed E-state index contributed by atoms with van der Waals surface area (Å²) in [4.78, 5) is 30.2. The monoisotopic (exact) mass is 418 g/mol. The molecule has 3 aromatic rings. The van der Waals surface area contributed by atoms with Gasteiger partial charge < -0.3 is 4.74 Å². The van der Waals surface area contributed by atoms with Crippen LogP contribution < -0.4 is 9.64 Å². The molecule has 0 aromatic heterocycles. The lowest BCUT2D eigenvalue weighted by atomic mass is 9.88. The standard InChI is InChI=1S/C24H19ClN2O3/c1-24-15-20(19-9-5-6-10-21(19)30-24)26(22(28)16-7-3-2-4-8-16)23(29)27(24)18-13-11-17(25)12-14-18/h2-14,20H,15H2,1H3. The van der Waals surface area contributed by atoms with E-state index in [1.165, 1.54) is 4.90 Å². The molecule has 150 valence electrons. The van der Waals surface area contributed by atoms with Crippen molar-refractivity contribution < 1.29 is 14.3 Å². The van der Waals surface area contributed by atoms with Crippen LogP contribution in [-0.2, 0) is 0 Å². The molecule has 6 heteroatoms. The van der Waals surface area contributed by atoms with Gasteiger partial charge in [0.1, 0.15) is 5.75 Å². The number of carbonyl (C=O) groups is 2. The highest BCUT2D eigenvalue weighted by Gasteiger charge is 2.55. The number of para-hydroxylation sites is 1. The summed E-state index contributed by atoms with van der Waals surface area (Å²) < 4.78 is 6.33. The minimum Gasteiger partial charge on any atom is -0.467 e. The number of anilines is 1. The molecular weight excluding hydrogens is 400 g/mol. The molecule has 2 atom stereocenters. The Morgan fingerprint density at radius 2 is 1.67 bits per heavy atom. The first-order valence-electron chi connectivity index (χ1n) is 9.74. The molecule has 1 saturated heterocycles. The Bertz CT molecular complexity index is 1130. The van der Waals surface area contributed by atoms with E-state index >= 15 is 0 Å². The normalized spacial score (nSPS) is 22.3. The fourth-order valence-electron chi connectivity index (χ4n) is 4.33. The summed E-state index contributed by atoms with van der Waals surface area (Å²) in [5, 5.41) is 0.568. The molecule has 1 fully saturated rings. The SMILES string of the molecule is CC12CC(c3ccccc3O1)N(C(=O)c1ccccc1)C(=O)N2c1ccc(Cl)cc1. The highest BCUT2D eigenvalue weighted by molar-refractivity contribution is 6.30. The van der Waals surface area contributed by atoms with Crippen LogP contribution in [0, 0.1) is 0 Å². The molecule has 2 heterocycles. The minimum absolute atomic E-state index is 0.330. The predicted molar refractivity (Wildman–Crippen MR) is 115 cm³/mol. The molecule has 2 bridgehead atoms. The average Bonchev–Trinajstić information content (AvgIpc) is 2.75. The lowest BCUT2D eigenvalue weighted by Crippen LogP contribution is -2.67. The smallest absolute Gasteiger partial charge is 0.335 e. The number of nitrogens with zero attached hydrogens (tertiary/aromatic N) is 2. The maximum absolute atomic E-state index is 13.8. The fraction of sp³-hybridized carbons (Fsp3) is 0.167. The van der Waals surface area contributed by atoms with E-state index in [1.807, 2.05) is 37.3 Å². The van der Waals surface area contributed by atoms with Gasteiger partial charge in [-0.15, -0.1) is 0 Å². The van der Waals surface area contributed by atoms with Crippen LogP contribution in [0.4, 0.5) is 10.5 Å². The second-order valence-electron chi connectivity index (χ2n) is 7.67. The largest absolute Gasteiger partial charge is 0.467 e. The molecule has 0 N–H and O–H groups in total. The second kappa shape index (κ2) is 6.89. The summed E-state index contributed by atoms with van der Waals surface area (Å²) in [5.41, 5.74) is 0.991. The van der Waals surface area contributed by atoms with Gasteiger partial charge in [-0.25, -0.2) is 4.79 Å². The fourth-order valence-corrected chi connectivity index (χ4v) is 4.45. The van der Waals surface area contributed by atoms with Crippen LogP contribution in [0.25, 0.3) is 0 Å². The number of amides is 3.